The fourth-order valence-electron chi connectivity index (χ4n) is 2.27. The average Bonchev–Trinajstić information content (AvgIpc) is 2.66. The van der Waals surface area contributed by atoms with Gasteiger partial charge in [0, 0.05) is 18.2 Å². The summed E-state index contributed by atoms with van der Waals surface area (Å²) in [5.41, 5.74) is 0. The van der Waals surface area contributed by atoms with Gasteiger partial charge in [-0.05, 0) is 26.2 Å². The van der Waals surface area contributed by atoms with Crippen LogP contribution < -0.4 is 10.0 Å². The van der Waals surface area contributed by atoms with E-state index in [4.69, 9.17) is 4.42 Å². The molecule has 0 aromatic carbocycles. The van der Waals surface area contributed by atoms with E-state index in [0.717, 1.165) is 6.42 Å². The van der Waals surface area contributed by atoms with E-state index in [2.05, 4.69) is 23.9 Å². The zero-order valence-electron chi connectivity index (χ0n) is 13.9. The van der Waals surface area contributed by atoms with E-state index in [-0.39, 0.29) is 10.9 Å². The zero-order valence-corrected chi connectivity index (χ0v) is 14.7. The van der Waals surface area contributed by atoms with E-state index in [1.165, 1.54) is 0 Å². The molecule has 5 nitrogen and oxygen atoms in total. The van der Waals surface area contributed by atoms with Gasteiger partial charge in [0.1, 0.15) is 16.4 Å². The SMILES string of the molecule is Cc1oc(CNC(C)C)cc1S(=O)(=O)NC(C)CC(C)C. The van der Waals surface area contributed by atoms with Gasteiger partial charge in [0.15, 0.2) is 0 Å². The minimum absolute atomic E-state index is 0.0958. The molecule has 0 fully saturated rings. The summed E-state index contributed by atoms with van der Waals surface area (Å²) in [5.74, 6) is 1.51. The third-order valence-corrected chi connectivity index (χ3v) is 4.78. The summed E-state index contributed by atoms with van der Waals surface area (Å²) < 4.78 is 33.1. The summed E-state index contributed by atoms with van der Waals surface area (Å²) in [4.78, 5) is 0.235. The van der Waals surface area contributed by atoms with Gasteiger partial charge in [-0.25, -0.2) is 13.1 Å². The first-order valence-electron chi connectivity index (χ1n) is 7.46. The number of hydrogen-bond acceptors (Lipinski definition) is 4. The normalized spacial score (nSPS) is 14.1. The van der Waals surface area contributed by atoms with E-state index in [1.807, 2.05) is 20.8 Å². The Morgan fingerprint density at radius 2 is 1.81 bits per heavy atom. The van der Waals surface area contributed by atoms with Crippen LogP contribution in [0.3, 0.4) is 0 Å². The van der Waals surface area contributed by atoms with Crippen LogP contribution in [0, 0.1) is 12.8 Å². The molecule has 21 heavy (non-hydrogen) atoms. The summed E-state index contributed by atoms with van der Waals surface area (Å²) in [5, 5.41) is 3.21. The van der Waals surface area contributed by atoms with Crippen molar-refractivity contribution in [1.29, 1.82) is 0 Å². The Balaban J connectivity index is 2.83. The van der Waals surface area contributed by atoms with Crippen LogP contribution in [-0.2, 0) is 16.6 Å². The third kappa shape index (κ3) is 5.80. The molecule has 6 heteroatoms. The molecule has 1 aromatic rings. The van der Waals surface area contributed by atoms with E-state index in [1.54, 1.807) is 13.0 Å². The molecular formula is C15H28N2O3S. The summed E-state index contributed by atoms with van der Waals surface area (Å²) in [7, 11) is -3.53. The predicted molar refractivity (Wildman–Crippen MR) is 84.7 cm³/mol. The predicted octanol–water partition coefficient (Wildman–Crippen LogP) is 2.80. The Kier molecular flexibility index (Phi) is 6.43. The largest absolute Gasteiger partial charge is 0.464 e. The zero-order chi connectivity index (χ0) is 16.2. The van der Waals surface area contributed by atoms with Crippen LogP contribution in [0.2, 0.25) is 0 Å². The van der Waals surface area contributed by atoms with Crippen molar-refractivity contribution in [3.8, 4) is 0 Å². The lowest BCUT2D eigenvalue weighted by Gasteiger charge is -2.15. The van der Waals surface area contributed by atoms with Crippen molar-refractivity contribution in [2.75, 3.05) is 0 Å². The van der Waals surface area contributed by atoms with Gasteiger partial charge >= 0.3 is 0 Å². The minimum Gasteiger partial charge on any atom is -0.464 e. The van der Waals surface area contributed by atoms with Crippen molar-refractivity contribution >= 4 is 10.0 Å². The first kappa shape index (κ1) is 18.2. The average molecular weight is 316 g/mol. The molecule has 2 N–H and O–H groups in total. The van der Waals surface area contributed by atoms with E-state index in [9.17, 15) is 8.42 Å². The van der Waals surface area contributed by atoms with Crippen LogP contribution in [-0.4, -0.2) is 20.5 Å². The third-order valence-electron chi connectivity index (χ3n) is 3.08. The van der Waals surface area contributed by atoms with E-state index < -0.39 is 10.0 Å². The summed E-state index contributed by atoms with van der Waals surface area (Å²) in [6.07, 6.45) is 0.803. The van der Waals surface area contributed by atoms with Crippen LogP contribution in [0.15, 0.2) is 15.4 Å². The van der Waals surface area contributed by atoms with Crippen molar-refractivity contribution in [3.05, 3.63) is 17.6 Å². The maximum Gasteiger partial charge on any atom is 0.244 e. The Morgan fingerprint density at radius 1 is 1.19 bits per heavy atom. The van der Waals surface area contributed by atoms with Gasteiger partial charge in [-0.1, -0.05) is 27.7 Å². The highest BCUT2D eigenvalue weighted by molar-refractivity contribution is 7.89. The van der Waals surface area contributed by atoms with Crippen LogP contribution in [0.25, 0.3) is 0 Å². The van der Waals surface area contributed by atoms with Gasteiger partial charge in [0.2, 0.25) is 10.0 Å². The molecule has 0 bridgehead atoms. The second kappa shape index (κ2) is 7.42. The lowest BCUT2D eigenvalue weighted by molar-refractivity contribution is 0.443. The molecule has 0 amide bonds. The van der Waals surface area contributed by atoms with Gasteiger partial charge < -0.3 is 9.73 Å². The number of nitrogens with one attached hydrogen (secondary N) is 2. The second-order valence-corrected chi connectivity index (χ2v) is 8.00. The Labute approximate surface area is 128 Å². The molecule has 1 heterocycles. The number of hydrogen-bond donors (Lipinski definition) is 2. The molecule has 0 aliphatic rings. The molecule has 122 valence electrons. The Morgan fingerprint density at radius 3 is 2.33 bits per heavy atom. The molecule has 0 saturated heterocycles. The van der Waals surface area contributed by atoms with Crippen molar-refractivity contribution in [2.45, 2.75) is 71.5 Å². The molecule has 1 atom stereocenters. The van der Waals surface area contributed by atoms with Crippen LogP contribution >= 0.6 is 0 Å². The van der Waals surface area contributed by atoms with Gasteiger partial charge in [-0.2, -0.15) is 0 Å². The highest BCUT2D eigenvalue weighted by Crippen LogP contribution is 2.21. The molecule has 0 spiro atoms. The molecule has 1 unspecified atom stereocenters. The van der Waals surface area contributed by atoms with Crippen LogP contribution in [0.5, 0.6) is 0 Å². The fraction of sp³-hybridized carbons (Fsp3) is 0.733. The van der Waals surface area contributed by atoms with E-state index in [0.29, 0.717) is 30.0 Å². The van der Waals surface area contributed by atoms with Crippen molar-refractivity contribution in [1.82, 2.24) is 10.0 Å². The van der Waals surface area contributed by atoms with Crippen molar-refractivity contribution in [2.24, 2.45) is 5.92 Å². The Bertz CT molecular complexity index is 547. The minimum atomic E-state index is -3.53. The monoisotopic (exact) mass is 316 g/mol. The quantitative estimate of drug-likeness (QED) is 0.773. The lowest BCUT2D eigenvalue weighted by Crippen LogP contribution is -2.33. The molecule has 0 aliphatic heterocycles. The van der Waals surface area contributed by atoms with Gasteiger partial charge in [0.05, 0.1) is 6.54 Å². The number of furan rings is 1. The second-order valence-electron chi connectivity index (χ2n) is 6.32. The maximum absolute atomic E-state index is 12.4. The smallest absolute Gasteiger partial charge is 0.244 e. The molecule has 1 aromatic heterocycles. The van der Waals surface area contributed by atoms with E-state index >= 15 is 0 Å². The number of sulfonamides is 1. The van der Waals surface area contributed by atoms with Crippen LogP contribution in [0.4, 0.5) is 0 Å². The molecule has 1 rings (SSSR count). The van der Waals surface area contributed by atoms with Crippen molar-refractivity contribution in [3.63, 3.8) is 0 Å². The number of aryl methyl sites for hydroxylation is 1. The molecule has 0 saturated carbocycles. The highest BCUT2D eigenvalue weighted by Gasteiger charge is 2.23. The molecule has 0 aliphatic carbocycles. The fourth-order valence-corrected chi connectivity index (χ4v) is 3.73. The summed E-state index contributed by atoms with van der Waals surface area (Å²) in [6.45, 7) is 12.3. The van der Waals surface area contributed by atoms with Crippen LogP contribution in [0.1, 0.15) is 52.6 Å². The number of rotatable bonds is 8. The van der Waals surface area contributed by atoms with Gasteiger partial charge in [-0.15, -0.1) is 0 Å². The molecule has 0 radical (unpaired) electrons. The van der Waals surface area contributed by atoms with Crippen molar-refractivity contribution < 1.29 is 12.8 Å². The Hall–Kier alpha value is -0.850. The maximum atomic E-state index is 12.4. The molecular weight excluding hydrogens is 288 g/mol. The standard InChI is InChI=1S/C15H28N2O3S/c1-10(2)7-12(5)17-21(18,19)15-8-14(20-13(15)6)9-16-11(3)4/h8,10-12,16-17H,7,9H2,1-6H3. The lowest BCUT2D eigenvalue weighted by atomic mass is 10.1. The highest BCUT2D eigenvalue weighted by atomic mass is 32.2. The first-order valence-corrected chi connectivity index (χ1v) is 8.95. The topological polar surface area (TPSA) is 71.3 Å². The summed E-state index contributed by atoms with van der Waals surface area (Å²) >= 11 is 0. The van der Waals surface area contributed by atoms with Gasteiger partial charge in [-0.3, -0.25) is 0 Å². The van der Waals surface area contributed by atoms with Gasteiger partial charge in [0.25, 0.3) is 0 Å². The first-order chi connectivity index (χ1) is 9.61. The summed E-state index contributed by atoms with van der Waals surface area (Å²) in [6, 6.07) is 1.83.